The molecule has 0 aliphatic carbocycles. The molecular weight excluding hydrogens is 304 g/mol. The molecule has 11 nitrogen and oxygen atoms in total. The Balaban J connectivity index is 2.25. The molecule has 1 heterocycles. The van der Waals surface area contributed by atoms with Crippen LogP contribution in [-0.4, -0.2) is 41.4 Å². The zero-order valence-electron chi connectivity index (χ0n) is 12.4. The number of amidine groups is 1. The van der Waals surface area contributed by atoms with Crippen molar-refractivity contribution in [3.63, 3.8) is 0 Å². The summed E-state index contributed by atoms with van der Waals surface area (Å²) in [6.45, 7) is 0. The third-order valence-corrected chi connectivity index (χ3v) is 2.81. The molecule has 0 aliphatic rings. The summed E-state index contributed by atoms with van der Waals surface area (Å²) in [7, 11) is 3.44. The average Bonchev–Trinajstić information content (AvgIpc) is 2.93. The van der Waals surface area contributed by atoms with Gasteiger partial charge >= 0.3 is 0 Å². The molecule has 0 atom stereocenters. The number of hydrogen-bond acceptors (Lipinski definition) is 9. The van der Waals surface area contributed by atoms with Gasteiger partial charge in [0.1, 0.15) is 5.69 Å². The van der Waals surface area contributed by atoms with Crippen LogP contribution in [0, 0.1) is 10.1 Å². The summed E-state index contributed by atoms with van der Waals surface area (Å²) in [5, 5.41) is 25.4. The van der Waals surface area contributed by atoms with Gasteiger partial charge in [0.2, 0.25) is 0 Å². The highest BCUT2D eigenvalue weighted by molar-refractivity contribution is 5.99. The monoisotopic (exact) mass is 318 g/mol. The van der Waals surface area contributed by atoms with Crippen LogP contribution in [0.3, 0.4) is 0 Å². The zero-order valence-corrected chi connectivity index (χ0v) is 12.4. The number of benzene rings is 1. The van der Waals surface area contributed by atoms with Gasteiger partial charge in [0, 0.05) is 25.7 Å². The molecule has 11 heteroatoms. The number of hydrogen-bond donors (Lipinski definition) is 2. The molecule has 0 saturated heterocycles. The predicted molar refractivity (Wildman–Crippen MR) is 84.5 cm³/mol. The van der Waals surface area contributed by atoms with Crippen LogP contribution in [0.2, 0.25) is 0 Å². The molecule has 0 unspecified atom stereocenters. The van der Waals surface area contributed by atoms with E-state index in [4.69, 9.17) is 11.5 Å². The Hall–Kier alpha value is -3.50. The molecule has 23 heavy (non-hydrogen) atoms. The number of nitrogens with zero attached hydrogens (tertiary/aromatic N) is 6. The van der Waals surface area contributed by atoms with Crippen molar-refractivity contribution in [2.24, 2.45) is 15.9 Å². The summed E-state index contributed by atoms with van der Waals surface area (Å²) < 4.78 is 4.39. The van der Waals surface area contributed by atoms with Crippen molar-refractivity contribution in [3.05, 3.63) is 39.6 Å². The smallest absolute Gasteiger partial charge is 0.293 e. The van der Waals surface area contributed by atoms with Gasteiger partial charge in [-0.2, -0.15) is 5.10 Å². The van der Waals surface area contributed by atoms with Crippen molar-refractivity contribution in [2.75, 3.05) is 24.7 Å². The van der Waals surface area contributed by atoms with E-state index in [-0.39, 0.29) is 23.0 Å². The van der Waals surface area contributed by atoms with Gasteiger partial charge in [-0.3, -0.25) is 10.1 Å². The molecule has 0 saturated carbocycles. The third-order valence-electron chi connectivity index (χ3n) is 2.81. The number of aromatic nitrogens is 2. The molecule has 2 rings (SSSR count). The average molecular weight is 318 g/mol. The first kappa shape index (κ1) is 15.9. The van der Waals surface area contributed by atoms with Gasteiger partial charge in [0.15, 0.2) is 17.3 Å². The minimum Gasteiger partial charge on any atom is -0.380 e. The molecule has 0 aliphatic heterocycles. The first-order valence-electron chi connectivity index (χ1n) is 6.31. The Morgan fingerprint density at radius 2 is 2.17 bits per heavy atom. The highest BCUT2D eigenvalue weighted by Crippen LogP contribution is 2.27. The number of nitro benzene ring substituents is 1. The molecular formula is C12H14N8O3. The Morgan fingerprint density at radius 1 is 1.43 bits per heavy atom. The van der Waals surface area contributed by atoms with Crippen molar-refractivity contribution in [1.82, 2.24) is 10.3 Å². The summed E-state index contributed by atoms with van der Waals surface area (Å²) >= 11 is 0. The van der Waals surface area contributed by atoms with E-state index >= 15 is 0 Å². The summed E-state index contributed by atoms with van der Waals surface area (Å²) in [6.07, 6.45) is 1.32. The lowest BCUT2D eigenvalue weighted by Gasteiger charge is -2.12. The van der Waals surface area contributed by atoms with Crippen LogP contribution in [0.25, 0.3) is 0 Å². The van der Waals surface area contributed by atoms with E-state index < -0.39 is 4.92 Å². The molecule has 1 aromatic heterocycles. The van der Waals surface area contributed by atoms with E-state index in [1.165, 1.54) is 12.3 Å². The maximum absolute atomic E-state index is 11.1. The minimum absolute atomic E-state index is 0.00702. The predicted octanol–water partition coefficient (Wildman–Crippen LogP) is 0.365. The molecule has 120 valence electrons. The lowest BCUT2D eigenvalue weighted by atomic mass is 10.2. The fourth-order valence-electron chi connectivity index (χ4n) is 1.72. The second kappa shape index (κ2) is 6.51. The van der Waals surface area contributed by atoms with Crippen molar-refractivity contribution in [3.8, 4) is 0 Å². The molecule has 4 N–H and O–H groups in total. The Morgan fingerprint density at radius 3 is 2.74 bits per heavy atom. The summed E-state index contributed by atoms with van der Waals surface area (Å²) in [5.74, 6) is -0.0909. The molecule has 0 amide bonds. The molecule has 0 fully saturated rings. The number of nitrogens with two attached hydrogens (primary N) is 2. The van der Waals surface area contributed by atoms with Crippen LogP contribution >= 0.6 is 0 Å². The van der Waals surface area contributed by atoms with Crippen molar-refractivity contribution in [2.45, 2.75) is 0 Å². The highest BCUT2D eigenvalue weighted by atomic mass is 16.6. The zero-order chi connectivity index (χ0) is 17.0. The van der Waals surface area contributed by atoms with E-state index in [2.05, 4.69) is 25.1 Å². The topological polar surface area (TPSA) is 162 Å². The normalized spacial score (nSPS) is 11.8. The summed E-state index contributed by atoms with van der Waals surface area (Å²) in [6, 6.07) is 4.67. The van der Waals surface area contributed by atoms with E-state index in [0.29, 0.717) is 11.3 Å². The number of nitrogen functional groups attached to an aromatic ring is 1. The van der Waals surface area contributed by atoms with Gasteiger partial charge in [0.05, 0.1) is 11.1 Å². The largest absolute Gasteiger partial charge is 0.380 e. The van der Waals surface area contributed by atoms with Gasteiger partial charge in [-0.15, -0.1) is 5.10 Å². The standard InChI is InChI=1S/C12H14N8O3/c1-19(2)8-4-3-7(5-9(8)20(21)22)6-15-16-11(13)10-12(14)18-23-17-10/h3-6H,1-2H3,(H2,13,16)(H2,14,18). The number of nitro groups is 1. The molecule has 2 aromatic rings. The summed E-state index contributed by atoms with van der Waals surface area (Å²) in [4.78, 5) is 12.3. The van der Waals surface area contributed by atoms with Crippen LogP contribution in [0.4, 0.5) is 17.2 Å². The Bertz CT molecular complexity index is 780. The number of rotatable bonds is 5. The molecule has 0 spiro atoms. The van der Waals surface area contributed by atoms with E-state index in [0.717, 1.165) is 0 Å². The first-order chi connectivity index (χ1) is 10.9. The summed E-state index contributed by atoms with van der Waals surface area (Å²) in [5.41, 5.74) is 12.1. The van der Waals surface area contributed by atoms with E-state index in [9.17, 15) is 10.1 Å². The SMILES string of the molecule is CN(C)c1ccc(C=NN=C(N)c2nonc2N)cc1[N+](=O)[O-]. The Labute approximate surface area is 130 Å². The lowest BCUT2D eigenvalue weighted by Crippen LogP contribution is -2.15. The van der Waals surface area contributed by atoms with Crippen molar-refractivity contribution in [1.29, 1.82) is 0 Å². The van der Waals surface area contributed by atoms with Gasteiger partial charge in [-0.1, -0.05) is 6.07 Å². The van der Waals surface area contributed by atoms with Gasteiger partial charge in [0.25, 0.3) is 5.69 Å². The van der Waals surface area contributed by atoms with E-state index in [1.54, 1.807) is 31.1 Å². The minimum atomic E-state index is -0.466. The lowest BCUT2D eigenvalue weighted by molar-refractivity contribution is -0.384. The second-order valence-electron chi connectivity index (χ2n) is 4.63. The van der Waals surface area contributed by atoms with E-state index in [1.807, 2.05) is 0 Å². The fraction of sp³-hybridized carbons (Fsp3) is 0.167. The quantitative estimate of drug-likeness (QED) is 0.345. The van der Waals surface area contributed by atoms with Crippen LogP contribution in [0.15, 0.2) is 33.0 Å². The van der Waals surface area contributed by atoms with Crippen LogP contribution in [0.1, 0.15) is 11.3 Å². The molecule has 0 radical (unpaired) electrons. The van der Waals surface area contributed by atoms with Crippen molar-refractivity contribution >= 4 is 29.2 Å². The van der Waals surface area contributed by atoms with Crippen molar-refractivity contribution < 1.29 is 9.55 Å². The van der Waals surface area contributed by atoms with Gasteiger partial charge < -0.3 is 16.4 Å². The maximum atomic E-state index is 11.1. The second-order valence-corrected chi connectivity index (χ2v) is 4.63. The molecule has 1 aromatic carbocycles. The third kappa shape index (κ3) is 3.58. The van der Waals surface area contributed by atoms with Crippen LogP contribution in [0.5, 0.6) is 0 Å². The molecule has 0 bridgehead atoms. The van der Waals surface area contributed by atoms with Crippen LogP contribution < -0.4 is 16.4 Å². The first-order valence-corrected chi connectivity index (χ1v) is 6.31. The Kier molecular flexibility index (Phi) is 4.50. The maximum Gasteiger partial charge on any atom is 0.293 e. The number of anilines is 2. The van der Waals surface area contributed by atoms with Gasteiger partial charge in [-0.05, 0) is 16.4 Å². The van der Waals surface area contributed by atoms with Gasteiger partial charge in [-0.25, -0.2) is 4.63 Å². The fourth-order valence-corrected chi connectivity index (χ4v) is 1.72. The van der Waals surface area contributed by atoms with Crippen LogP contribution in [-0.2, 0) is 0 Å². The highest BCUT2D eigenvalue weighted by Gasteiger charge is 2.15.